The summed E-state index contributed by atoms with van der Waals surface area (Å²) in [5, 5.41) is 8.64. The smallest absolute Gasteiger partial charge is 0.330 e. The van der Waals surface area contributed by atoms with E-state index in [-0.39, 0.29) is 17.3 Å². The highest BCUT2D eigenvalue weighted by Crippen LogP contribution is 2.29. The number of nitriles is 1. The SMILES string of the molecule is CC(C#N)CCCC1(C)C=CC(=O)OC1. The zero-order chi connectivity index (χ0) is 11.3. The van der Waals surface area contributed by atoms with Crippen LogP contribution in [0.15, 0.2) is 12.2 Å². The van der Waals surface area contributed by atoms with Gasteiger partial charge in [-0.3, -0.25) is 0 Å². The monoisotopic (exact) mass is 207 g/mol. The molecule has 0 aromatic heterocycles. The van der Waals surface area contributed by atoms with Gasteiger partial charge in [-0.15, -0.1) is 0 Å². The average Bonchev–Trinajstić information content (AvgIpc) is 2.23. The van der Waals surface area contributed by atoms with E-state index in [4.69, 9.17) is 10.00 Å². The molecule has 0 bridgehead atoms. The lowest BCUT2D eigenvalue weighted by Gasteiger charge is -2.28. The first kappa shape index (κ1) is 11.8. The minimum absolute atomic E-state index is 0.0386. The summed E-state index contributed by atoms with van der Waals surface area (Å²) in [7, 11) is 0. The van der Waals surface area contributed by atoms with Crippen molar-refractivity contribution in [3.8, 4) is 6.07 Å². The predicted octanol–water partition coefficient (Wildman–Crippen LogP) is 2.44. The van der Waals surface area contributed by atoms with Crippen LogP contribution in [0.5, 0.6) is 0 Å². The second-order valence-electron chi connectivity index (χ2n) is 4.52. The van der Waals surface area contributed by atoms with E-state index in [9.17, 15) is 4.79 Å². The van der Waals surface area contributed by atoms with Gasteiger partial charge in [-0.1, -0.05) is 19.4 Å². The second kappa shape index (κ2) is 4.97. The number of carbonyl (C=O) groups excluding carboxylic acids is 1. The molecule has 3 heteroatoms. The van der Waals surface area contributed by atoms with E-state index in [1.54, 1.807) is 0 Å². The molecule has 1 rings (SSSR count). The molecule has 0 amide bonds. The van der Waals surface area contributed by atoms with Gasteiger partial charge in [0.15, 0.2) is 0 Å². The normalized spacial score (nSPS) is 26.9. The van der Waals surface area contributed by atoms with E-state index in [1.165, 1.54) is 6.08 Å². The number of cyclic esters (lactones) is 1. The Balaban J connectivity index is 2.35. The number of esters is 1. The molecule has 2 unspecified atom stereocenters. The van der Waals surface area contributed by atoms with Crippen LogP contribution in [-0.2, 0) is 9.53 Å². The first-order chi connectivity index (χ1) is 7.06. The lowest BCUT2D eigenvalue weighted by atomic mass is 9.83. The maximum atomic E-state index is 10.8. The lowest BCUT2D eigenvalue weighted by Crippen LogP contribution is -2.26. The summed E-state index contributed by atoms with van der Waals surface area (Å²) in [4.78, 5) is 10.8. The van der Waals surface area contributed by atoms with E-state index < -0.39 is 0 Å². The molecule has 0 N–H and O–H groups in total. The molecule has 0 aromatic rings. The van der Waals surface area contributed by atoms with Crippen LogP contribution in [0.1, 0.15) is 33.1 Å². The van der Waals surface area contributed by atoms with E-state index >= 15 is 0 Å². The largest absolute Gasteiger partial charge is 0.462 e. The molecule has 0 saturated heterocycles. The van der Waals surface area contributed by atoms with Crippen molar-refractivity contribution in [1.29, 1.82) is 5.26 Å². The molecule has 1 aliphatic rings. The van der Waals surface area contributed by atoms with Gasteiger partial charge < -0.3 is 4.74 Å². The molecule has 0 radical (unpaired) electrons. The first-order valence-corrected chi connectivity index (χ1v) is 5.31. The summed E-state index contributed by atoms with van der Waals surface area (Å²) < 4.78 is 4.99. The van der Waals surface area contributed by atoms with Crippen molar-refractivity contribution in [2.75, 3.05) is 6.61 Å². The number of nitrogens with zero attached hydrogens (tertiary/aromatic N) is 1. The maximum Gasteiger partial charge on any atom is 0.330 e. The topological polar surface area (TPSA) is 50.1 Å². The molecule has 2 atom stereocenters. The van der Waals surface area contributed by atoms with Crippen molar-refractivity contribution >= 4 is 5.97 Å². The fraction of sp³-hybridized carbons (Fsp3) is 0.667. The Morgan fingerprint density at radius 1 is 1.73 bits per heavy atom. The Bertz CT molecular complexity index is 303. The minimum Gasteiger partial charge on any atom is -0.462 e. The Labute approximate surface area is 90.7 Å². The van der Waals surface area contributed by atoms with Gasteiger partial charge in [-0.25, -0.2) is 4.79 Å². The standard InChI is InChI=1S/C12H17NO2/c1-10(8-13)4-3-6-12(2)7-5-11(14)15-9-12/h5,7,10H,3-4,6,9H2,1-2H3. The van der Waals surface area contributed by atoms with Crippen molar-refractivity contribution in [2.24, 2.45) is 11.3 Å². The molecule has 0 spiro atoms. The van der Waals surface area contributed by atoms with Gasteiger partial charge in [-0.2, -0.15) is 5.26 Å². The molecule has 15 heavy (non-hydrogen) atoms. The highest BCUT2D eigenvalue weighted by atomic mass is 16.5. The average molecular weight is 207 g/mol. The predicted molar refractivity (Wildman–Crippen MR) is 56.8 cm³/mol. The molecule has 3 nitrogen and oxygen atoms in total. The quantitative estimate of drug-likeness (QED) is 0.665. The summed E-state index contributed by atoms with van der Waals surface area (Å²) in [6, 6.07) is 2.22. The van der Waals surface area contributed by atoms with E-state index in [0.717, 1.165) is 19.3 Å². The molecule has 1 aliphatic heterocycles. The van der Waals surface area contributed by atoms with Gasteiger partial charge >= 0.3 is 5.97 Å². The van der Waals surface area contributed by atoms with Gasteiger partial charge in [0, 0.05) is 17.4 Å². The number of ether oxygens (including phenoxy) is 1. The molecular weight excluding hydrogens is 190 g/mol. The first-order valence-electron chi connectivity index (χ1n) is 5.31. The van der Waals surface area contributed by atoms with Crippen LogP contribution in [0, 0.1) is 22.7 Å². The highest BCUT2D eigenvalue weighted by molar-refractivity contribution is 5.82. The van der Waals surface area contributed by atoms with Crippen molar-refractivity contribution in [3.63, 3.8) is 0 Å². The molecule has 82 valence electrons. The van der Waals surface area contributed by atoms with E-state index in [1.807, 2.05) is 13.0 Å². The van der Waals surface area contributed by atoms with Crippen LogP contribution in [-0.4, -0.2) is 12.6 Å². The molecule has 1 heterocycles. The Hall–Kier alpha value is -1.30. The van der Waals surface area contributed by atoms with Crippen molar-refractivity contribution in [1.82, 2.24) is 0 Å². The summed E-state index contributed by atoms with van der Waals surface area (Å²) >= 11 is 0. The number of rotatable bonds is 4. The molecule has 0 aliphatic carbocycles. The van der Waals surface area contributed by atoms with Gasteiger partial charge in [-0.05, 0) is 19.8 Å². The van der Waals surface area contributed by atoms with Crippen molar-refractivity contribution in [3.05, 3.63) is 12.2 Å². The van der Waals surface area contributed by atoms with Crippen LogP contribution in [0.4, 0.5) is 0 Å². The van der Waals surface area contributed by atoms with Gasteiger partial charge in [0.05, 0.1) is 6.07 Å². The Morgan fingerprint density at radius 3 is 3.00 bits per heavy atom. The Kier molecular flexibility index (Phi) is 3.90. The number of hydrogen-bond acceptors (Lipinski definition) is 3. The number of hydrogen-bond donors (Lipinski definition) is 0. The third kappa shape index (κ3) is 3.75. The van der Waals surface area contributed by atoms with Gasteiger partial charge in [0.25, 0.3) is 0 Å². The minimum atomic E-state index is -0.252. The summed E-state index contributed by atoms with van der Waals surface area (Å²) in [6.07, 6.45) is 6.29. The summed E-state index contributed by atoms with van der Waals surface area (Å²) in [5.74, 6) is -0.137. The third-order valence-electron chi connectivity index (χ3n) is 2.77. The zero-order valence-electron chi connectivity index (χ0n) is 9.32. The van der Waals surface area contributed by atoms with Crippen LogP contribution < -0.4 is 0 Å². The van der Waals surface area contributed by atoms with Gasteiger partial charge in [0.2, 0.25) is 0 Å². The van der Waals surface area contributed by atoms with Crippen LogP contribution in [0.3, 0.4) is 0 Å². The van der Waals surface area contributed by atoms with Crippen LogP contribution in [0.2, 0.25) is 0 Å². The molecule has 0 saturated carbocycles. The fourth-order valence-corrected chi connectivity index (χ4v) is 1.63. The fourth-order valence-electron chi connectivity index (χ4n) is 1.63. The van der Waals surface area contributed by atoms with Crippen LogP contribution >= 0.6 is 0 Å². The molecule has 0 fully saturated rings. The second-order valence-corrected chi connectivity index (χ2v) is 4.52. The summed E-state index contributed by atoms with van der Waals surface area (Å²) in [6.45, 7) is 4.47. The third-order valence-corrected chi connectivity index (χ3v) is 2.77. The van der Waals surface area contributed by atoms with Crippen LogP contribution in [0.25, 0.3) is 0 Å². The maximum absolute atomic E-state index is 10.8. The van der Waals surface area contributed by atoms with Crippen molar-refractivity contribution in [2.45, 2.75) is 33.1 Å². The molecular formula is C12H17NO2. The van der Waals surface area contributed by atoms with E-state index in [2.05, 4.69) is 13.0 Å². The Morgan fingerprint density at radius 2 is 2.47 bits per heavy atom. The van der Waals surface area contributed by atoms with E-state index in [0.29, 0.717) is 6.61 Å². The van der Waals surface area contributed by atoms with Gasteiger partial charge in [0.1, 0.15) is 6.61 Å². The molecule has 0 aromatic carbocycles. The zero-order valence-corrected chi connectivity index (χ0v) is 9.32. The number of carbonyl (C=O) groups is 1. The van der Waals surface area contributed by atoms with Crippen molar-refractivity contribution < 1.29 is 9.53 Å². The highest BCUT2D eigenvalue weighted by Gasteiger charge is 2.26. The summed E-state index contributed by atoms with van der Waals surface area (Å²) in [5.41, 5.74) is -0.0386. The lowest BCUT2D eigenvalue weighted by molar-refractivity contribution is -0.141.